The third-order valence-electron chi connectivity index (χ3n) is 3.10. The molecule has 2 atom stereocenters. The van der Waals surface area contributed by atoms with Gasteiger partial charge in [0.2, 0.25) is 0 Å². The lowest BCUT2D eigenvalue weighted by Gasteiger charge is -2.30. The Labute approximate surface area is 107 Å². The highest BCUT2D eigenvalue weighted by molar-refractivity contribution is 5.25. The second-order valence-electron chi connectivity index (χ2n) is 4.49. The largest absolute Gasteiger partial charge is 0.370 e. The smallest absolute Gasteiger partial charge is 0.155 e. The van der Waals surface area contributed by atoms with Crippen LogP contribution < -0.4 is 11.5 Å². The molecule has 3 nitrogen and oxygen atoms in total. The summed E-state index contributed by atoms with van der Waals surface area (Å²) in [5.41, 5.74) is 12.2. The Morgan fingerprint density at radius 2 is 1.44 bits per heavy atom. The molecule has 0 bridgehead atoms. The van der Waals surface area contributed by atoms with Gasteiger partial charge in [-0.05, 0) is 17.5 Å². The lowest BCUT2D eigenvalue weighted by atomic mass is 9.91. The molecule has 0 saturated heterocycles. The summed E-state index contributed by atoms with van der Waals surface area (Å²) in [6.45, 7) is 0. The Balaban J connectivity index is 2.15. The maximum atomic E-state index is 10.4. The van der Waals surface area contributed by atoms with E-state index in [2.05, 4.69) is 0 Å². The molecule has 2 rings (SSSR count). The summed E-state index contributed by atoms with van der Waals surface area (Å²) >= 11 is 0. The van der Waals surface area contributed by atoms with Crippen LogP contribution in [-0.2, 0) is 12.1 Å². The SMILES string of the molecule is N[C@@H](Cc1ccccc1)C(N)(O)c1ccccc1. The van der Waals surface area contributed by atoms with Crippen molar-refractivity contribution in [2.45, 2.75) is 18.2 Å². The average Bonchev–Trinajstić information content (AvgIpc) is 2.41. The van der Waals surface area contributed by atoms with E-state index in [1.807, 2.05) is 48.5 Å². The van der Waals surface area contributed by atoms with E-state index in [9.17, 15) is 5.11 Å². The molecule has 3 heteroatoms. The van der Waals surface area contributed by atoms with Gasteiger partial charge in [0.05, 0.1) is 6.04 Å². The average molecular weight is 242 g/mol. The molecule has 0 saturated carbocycles. The minimum absolute atomic E-state index is 0.530. The van der Waals surface area contributed by atoms with Crippen LogP contribution in [0, 0.1) is 0 Å². The van der Waals surface area contributed by atoms with E-state index in [4.69, 9.17) is 11.5 Å². The van der Waals surface area contributed by atoms with Crippen LogP contribution >= 0.6 is 0 Å². The molecule has 94 valence electrons. The summed E-state index contributed by atoms with van der Waals surface area (Å²) in [5.74, 6) is 0. The van der Waals surface area contributed by atoms with Crippen molar-refractivity contribution in [2.75, 3.05) is 0 Å². The summed E-state index contributed by atoms with van der Waals surface area (Å²) in [6, 6.07) is 18.3. The van der Waals surface area contributed by atoms with Crippen molar-refractivity contribution < 1.29 is 5.11 Å². The second kappa shape index (κ2) is 5.31. The number of benzene rings is 2. The molecule has 2 aromatic rings. The first-order valence-electron chi connectivity index (χ1n) is 5.97. The molecule has 1 unspecified atom stereocenters. The van der Waals surface area contributed by atoms with Crippen LogP contribution in [0.25, 0.3) is 0 Å². The van der Waals surface area contributed by atoms with Gasteiger partial charge in [0.15, 0.2) is 5.72 Å². The molecule has 0 radical (unpaired) electrons. The van der Waals surface area contributed by atoms with Gasteiger partial charge in [0.1, 0.15) is 0 Å². The van der Waals surface area contributed by atoms with E-state index in [1.54, 1.807) is 12.1 Å². The highest BCUT2D eigenvalue weighted by Crippen LogP contribution is 2.20. The molecular weight excluding hydrogens is 224 g/mol. The van der Waals surface area contributed by atoms with Gasteiger partial charge in [-0.2, -0.15) is 0 Å². The molecule has 0 heterocycles. The van der Waals surface area contributed by atoms with E-state index >= 15 is 0 Å². The van der Waals surface area contributed by atoms with Crippen molar-refractivity contribution in [3.63, 3.8) is 0 Å². The van der Waals surface area contributed by atoms with Crippen molar-refractivity contribution in [2.24, 2.45) is 11.5 Å². The summed E-state index contributed by atoms with van der Waals surface area (Å²) in [4.78, 5) is 0. The summed E-state index contributed by atoms with van der Waals surface area (Å²) in [6.07, 6.45) is 0.530. The number of aliphatic hydroxyl groups is 1. The number of hydrogen-bond donors (Lipinski definition) is 3. The first-order chi connectivity index (χ1) is 8.60. The van der Waals surface area contributed by atoms with E-state index in [0.29, 0.717) is 12.0 Å². The zero-order valence-corrected chi connectivity index (χ0v) is 10.2. The van der Waals surface area contributed by atoms with E-state index in [-0.39, 0.29) is 0 Å². The minimum Gasteiger partial charge on any atom is -0.370 e. The Morgan fingerprint density at radius 1 is 0.944 bits per heavy atom. The van der Waals surface area contributed by atoms with Crippen LogP contribution in [0.1, 0.15) is 11.1 Å². The fourth-order valence-electron chi connectivity index (χ4n) is 1.94. The zero-order valence-electron chi connectivity index (χ0n) is 10.2. The van der Waals surface area contributed by atoms with Gasteiger partial charge in [-0.1, -0.05) is 60.7 Å². The van der Waals surface area contributed by atoms with Gasteiger partial charge in [-0.15, -0.1) is 0 Å². The topological polar surface area (TPSA) is 72.3 Å². The van der Waals surface area contributed by atoms with Crippen molar-refractivity contribution in [3.05, 3.63) is 71.8 Å². The molecule has 2 aromatic carbocycles. The predicted molar refractivity (Wildman–Crippen MR) is 72.6 cm³/mol. The normalized spacial score (nSPS) is 15.9. The van der Waals surface area contributed by atoms with Gasteiger partial charge in [0.25, 0.3) is 0 Å². The molecule has 0 aliphatic heterocycles. The molecule has 0 aliphatic carbocycles. The fourth-order valence-corrected chi connectivity index (χ4v) is 1.94. The lowest BCUT2D eigenvalue weighted by molar-refractivity contribution is 0.0159. The number of hydrogen-bond acceptors (Lipinski definition) is 3. The fraction of sp³-hybridized carbons (Fsp3) is 0.200. The second-order valence-corrected chi connectivity index (χ2v) is 4.49. The highest BCUT2D eigenvalue weighted by atomic mass is 16.3. The standard InChI is InChI=1S/C15H18N2O/c16-14(11-12-7-3-1-4-8-12)15(17,18)13-9-5-2-6-10-13/h1-10,14,18H,11,16-17H2/t14-,15?/m0/s1. The van der Waals surface area contributed by atoms with Crippen LogP contribution in [0.5, 0.6) is 0 Å². The summed E-state index contributed by atoms with van der Waals surface area (Å²) in [7, 11) is 0. The van der Waals surface area contributed by atoms with Crippen LogP contribution in [0.15, 0.2) is 60.7 Å². The molecule has 0 aromatic heterocycles. The van der Waals surface area contributed by atoms with Gasteiger partial charge >= 0.3 is 0 Å². The van der Waals surface area contributed by atoms with E-state index < -0.39 is 11.8 Å². The quantitative estimate of drug-likeness (QED) is 0.709. The summed E-state index contributed by atoms with van der Waals surface area (Å²) in [5, 5.41) is 10.4. The van der Waals surface area contributed by atoms with Crippen LogP contribution in [0.2, 0.25) is 0 Å². The van der Waals surface area contributed by atoms with Crippen LogP contribution in [-0.4, -0.2) is 11.1 Å². The molecule has 5 N–H and O–H groups in total. The Bertz CT molecular complexity index is 482. The molecule has 18 heavy (non-hydrogen) atoms. The third-order valence-corrected chi connectivity index (χ3v) is 3.10. The van der Waals surface area contributed by atoms with Gasteiger partial charge in [-0.25, -0.2) is 0 Å². The maximum absolute atomic E-state index is 10.4. The molecule has 0 spiro atoms. The number of nitrogens with two attached hydrogens (primary N) is 2. The summed E-state index contributed by atoms with van der Waals surface area (Å²) < 4.78 is 0. The van der Waals surface area contributed by atoms with Crippen molar-refractivity contribution >= 4 is 0 Å². The molecule has 0 aliphatic rings. The number of rotatable bonds is 4. The van der Waals surface area contributed by atoms with Crippen LogP contribution in [0.4, 0.5) is 0 Å². The van der Waals surface area contributed by atoms with Gasteiger partial charge < -0.3 is 10.8 Å². The van der Waals surface area contributed by atoms with Crippen molar-refractivity contribution in [3.8, 4) is 0 Å². The zero-order chi connectivity index (χ0) is 13.0. The van der Waals surface area contributed by atoms with E-state index in [0.717, 1.165) is 5.56 Å². The van der Waals surface area contributed by atoms with Crippen molar-refractivity contribution in [1.29, 1.82) is 0 Å². The minimum atomic E-state index is -1.52. The van der Waals surface area contributed by atoms with Gasteiger partial charge in [-0.3, -0.25) is 5.73 Å². The maximum Gasteiger partial charge on any atom is 0.155 e. The molecule has 0 fully saturated rings. The Morgan fingerprint density at radius 3 is 2.00 bits per heavy atom. The van der Waals surface area contributed by atoms with E-state index in [1.165, 1.54) is 0 Å². The predicted octanol–water partition coefficient (Wildman–Crippen LogP) is 1.36. The highest BCUT2D eigenvalue weighted by Gasteiger charge is 2.31. The van der Waals surface area contributed by atoms with Crippen LogP contribution in [0.3, 0.4) is 0 Å². The van der Waals surface area contributed by atoms with Gasteiger partial charge in [0, 0.05) is 0 Å². The third kappa shape index (κ3) is 2.76. The Kier molecular flexibility index (Phi) is 3.77. The molecular formula is C15H18N2O. The Hall–Kier alpha value is -1.68. The lowest BCUT2D eigenvalue weighted by Crippen LogP contribution is -2.53. The van der Waals surface area contributed by atoms with Crippen molar-refractivity contribution in [1.82, 2.24) is 0 Å². The first-order valence-corrected chi connectivity index (χ1v) is 5.97. The molecule has 0 amide bonds. The first kappa shape index (κ1) is 12.8. The monoisotopic (exact) mass is 242 g/mol.